The molecule has 0 aromatic rings. The Bertz CT molecular complexity index is 444. The van der Waals surface area contributed by atoms with E-state index in [0.29, 0.717) is 39.0 Å². The maximum Gasteiger partial charge on any atom is 0.222 e. The first-order valence-electron chi connectivity index (χ1n) is 6.58. The average Bonchev–Trinajstić information content (AvgIpc) is 2.99. The number of nitrogens with one attached hydrogen (secondary N) is 1. The van der Waals surface area contributed by atoms with Crippen molar-refractivity contribution in [2.45, 2.75) is 30.6 Å². The first-order chi connectivity index (χ1) is 8.59. The van der Waals surface area contributed by atoms with Crippen molar-refractivity contribution in [3.8, 4) is 0 Å². The van der Waals surface area contributed by atoms with E-state index >= 15 is 0 Å². The number of piperazine rings is 1. The standard InChI is InChI=1S/C11H19N3O3S/c15-11-2-1-9-8-13(5-6-14(9)11)18(16,17)10-3-4-12-7-10/h9-10,12H,1-8H2. The Kier molecular flexibility index (Phi) is 3.07. The molecule has 3 fully saturated rings. The van der Waals surface area contributed by atoms with Crippen molar-refractivity contribution in [2.75, 3.05) is 32.7 Å². The maximum absolute atomic E-state index is 12.4. The third kappa shape index (κ3) is 1.94. The summed E-state index contributed by atoms with van der Waals surface area (Å²) in [5.74, 6) is 0.180. The second kappa shape index (κ2) is 4.47. The summed E-state index contributed by atoms with van der Waals surface area (Å²) in [5, 5.41) is 2.82. The smallest absolute Gasteiger partial charge is 0.222 e. The zero-order valence-corrected chi connectivity index (χ0v) is 11.2. The van der Waals surface area contributed by atoms with Crippen LogP contribution in [0.3, 0.4) is 0 Å². The Hall–Kier alpha value is -0.660. The molecule has 0 aromatic carbocycles. The van der Waals surface area contributed by atoms with Gasteiger partial charge in [-0.05, 0) is 19.4 Å². The fraction of sp³-hybridized carbons (Fsp3) is 0.909. The highest BCUT2D eigenvalue weighted by atomic mass is 32.2. The van der Waals surface area contributed by atoms with Crippen molar-refractivity contribution >= 4 is 15.9 Å². The summed E-state index contributed by atoms with van der Waals surface area (Å²) in [6.45, 7) is 2.85. The predicted molar refractivity (Wildman–Crippen MR) is 66.5 cm³/mol. The maximum atomic E-state index is 12.4. The number of hydrogen-bond acceptors (Lipinski definition) is 4. The van der Waals surface area contributed by atoms with Gasteiger partial charge in [0, 0.05) is 38.6 Å². The van der Waals surface area contributed by atoms with E-state index in [2.05, 4.69) is 5.32 Å². The molecule has 0 saturated carbocycles. The highest BCUT2D eigenvalue weighted by molar-refractivity contribution is 7.89. The second-order valence-electron chi connectivity index (χ2n) is 5.30. The zero-order chi connectivity index (χ0) is 12.8. The van der Waals surface area contributed by atoms with Crippen molar-refractivity contribution in [2.24, 2.45) is 0 Å². The molecule has 0 bridgehead atoms. The van der Waals surface area contributed by atoms with Gasteiger partial charge in [-0.1, -0.05) is 0 Å². The largest absolute Gasteiger partial charge is 0.337 e. The number of carbonyl (C=O) groups excluding carboxylic acids is 1. The molecule has 3 saturated heterocycles. The number of fused-ring (bicyclic) bond motifs is 1. The summed E-state index contributed by atoms with van der Waals surface area (Å²) in [4.78, 5) is 13.4. The molecule has 2 unspecified atom stereocenters. The van der Waals surface area contributed by atoms with Crippen LogP contribution in [0.15, 0.2) is 0 Å². The van der Waals surface area contributed by atoms with Crippen LogP contribution in [0.2, 0.25) is 0 Å². The number of amides is 1. The Morgan fingerprint density at radius 2 is 2.06 bits per heavy atom. The van der Waals surface area contributed by atoms with Gasteiger partial charge in [-0.3, -0.25) is 4.79 Å². The Labute approximate surface area is 107 Å². The van der Waals surface area contributed by atoms with Gasteiger partial charge in [0.1, 0.15) is 0 Å². The molecule has 3 aliphatic heterocycles. The Balaban J connectivity index is 1.72. The summed E-state index contributed by atoms with van der Waals surface area (Å²) >= 11 is 0. The minimum Gasteiger partial charge on any atom is -0.337 e. The molecule has 2 atom stereocenters. The molecule has 1 amide bonds. The predicted octanol–water partition coefficient (Wildman–Crippen LogP) is -1.02. The number of hydrogen-bond donors (Lipinski definition) is 1. The lowest BCUT2D eigenvalue weighted by molar-refractivity contribution is -0.130. The molecule has 3 aliphatic rings. The van der Waals surface area contributed by atoms with E-state index in [-0.39, 0.29) is 17.2 Å². The van der Waals surface area contributed by atoms with Crippen LogP contribution in [0.5, 0.6) is 0 Å². The molecule has 0 spiro atoms. The van der Waals surface area contributed by atoms with Crippen molar-refractivity contribution in [3.05, 3.63) is 0 Å². The lowest BCUT2D eigenvalue weighted by atomic mass is 10.2. The van der Waals surface area contributed by atoms with Crippen molar-refractivity contribution in [3.63, 3.8) is 0 Å². The minimum atomic E-state index is -3.19. The average molecular weight is 273 g/mol. The molecule has 6 nitrogen and oxygen atoms in total. The van der Waals surface area contributed by atoms with Crippen LogP contribution in [0.1, 0.15) is 19.3 Å². The molecule has 3 rings (SSSR count). The van der Waals surface area contributed by atoms with Gasteiger partial charge in [-0.25, -0.2) is 8.42 Å². The van der Waals surface area contributed by atoms with Crippen LogP contribution in [-0.2, 0) is 14.8 Å². The SMILES string of the molecule is O=C1CCC2CN(S(=O)(=O)C3CCNC3)CCN12. The van der Waals surface area contributed by atoms with Crippen LogP contribution in [0, 0.1) is 0 Å². The molecule has 18 heavy (non-hydrogen) atoms. The summed E-state index contributed by atoms with van der Waals surface area (Å²) in [6.07, 6.45) is 2.07. The molecule has 7 heteroatoms. The zero-order valence-electron chi connectivity index (χ0n) is 10.3. The first-order valence-corrected chi connectivity index (χ1v) is 8.08. The molecule has 0 radical (unpaired) electrons. The number of nitrogens with zero attached hydrogens (tertiary/aromatic N) is 2. The summed E-state index contributed by atoms with van der Waals surface area (Å²) < 4.78 is 26.5. The van der Waals surface area contributed by atoms with Gasteiger partial charge in [0.2, 0.25) is 15.9 Å². The quantitative estimate of drug-likeness (QED) is 0.699. The minimum absolute atomic E-state index is 0.107. The highest BCUT2D eigenvalue weighted by Gasteiger charge is 2.42. The fourth-order valence-corrected chi connectivity index (χ4v) is 5.04. The molecule has 1 N–H and O–H groups in total. The van der Waals surface area contributed by atoms with E-state index in [1.807, 2.05) is 4.90 Å². The van der Waals surface area contributed by atoms with E-state index in [0.717, 1.165) is 13.0 Å². The van der Waals surface area contributed by atoms with Gasteiger partial charge in [0.25, 0.3) is 0 Å². The van der Waals surface area contributed by atoms with Crippen LogP contribution < -0.4 is 5.32 Å². The molecule has 3 heterocycles. The molecular formula is C11H19N3O3S. The van der Waals surface area contributed by atoms with E-state index in [1.54, 1.807) is 4.31 Å². The van der Waals surface area contributed by atoms with Crippen LogP contribution in [0.4, 0.5) is 0 Å². The molecule has 102 valence electrons. The number of rotatable bonds is 2. The Morgan fingerprint density at radius 1 is 1.22 bits per heavy atom. The van der Waals surface area contributed by atoms with Crippen molar-refractivity contribution < 1.29 is 13.2 Å². The van der Waals surface area contributed by atoms with E-state index in [1.165, 1.54) is 0 Å². The summed E-state index contributed by atoms with van der Waals surface area (Å²) in [6, 6.07) is 0.107. The lowest BCUT2D eigenvalue weighted by Crippen LogP contribution is -2.55. The van der Waals surface area contributed by atoms with Crippen LogP contribution in [-0.4, -0.2) is 67.5 Å². The lowest BCUT2D eigenvalue weighted by Gasteiger charge is -2.37. The van der Waals surface area contributed by atoms with E-state index < -0.39 is 10.0 Å². The fourth-order valence-electron chi connectivity index (χ4n) is 3.16. The highest BCUT2D eigenvalue weighted by Crippen LogP contribution is 2.26. The summed E-state index contributed by atoms with van der Waals surface area (Å²) in [7, 11) is -3.19. The van der Waals surface area contributed by atoms with Crippen molar-refractivity contribution in [1.82, 2.24) is 14.5 Å². The molecular weight excluding hydrogens is 254 g/mol. The van der Waals surface area contributed by atoms with Gasteiger partial charge in [-0.2, -0.15) is 4.31 Å². The number of sulfonamides is 1. The van der Waals surface area contributed by atoms with Gasteiger partial charge >= 0.3 is 0 Å². The third-order valence-electron chi connectivity index (χ3n) is 4.25. The first kappa shape index (κ1) is 12.4. The van der Waals surface area contributed by atoms with Crippen LogP contribution in [0.25, 0.3) is 0 Å². The normalized spacial score (nSPS) is 34.0. The molecule has 0 aromatic heterocycles. The van der Waals surface area contributed by atoms with Crippen molar-refractivity contribution in [1.29, 1.82) is 0 Å². The van der Waals surface area contributed by atoms with Gasteiger partial charge < -0.3 is 10.2 Å². The molecule has 0 aliphatic carbocycles. The number of carbonyl (C=O) groups is 1. The van der Waals surface area contributed by atoms with E-state index in [4.69, 9.17) is 0 Å². The summed E-state index contributed by atoms with van der Waals surface area (Å²) in [5.41, 5.74) is 0. The van der Waals surface area contributed by atoms with E-state index in [9.17, 15) is 13.2 Å². The van der Waals surface area contributed by atoms with Crippen LogP contribution >= 0.6 is 0 Å². The van der Waals surface area contributed by atoms with Gasteiger partial charge in [0.15, 0.2) is 0 Å². The monoisotopic (exact) mass is 273 g/mol. The van der Waals surface area contributed by atoms with Gasteiger partial charge in [0.05, 0.1) is 5.25 Å². The second-order valence-corrected chi connectivity index (χ2v) is 7.51. The Morgan fingerprint density at radius 3 is 2.78 bits per heavy atom. The third-order valence-corrected chi connectivity index (χ3v) is 6.55. The van der Waals surface area contributed by atoms with Gasteiger partial charge in [-0.15, -0.1) is 0 Å². The topological polar surface area (TPSA) is 69.7 Å².